The Bertz CT molecular complexity index is 667. The molecule has 7 nitrogen and oxygen atoms in total. The van der Waals surface area contributed by atoms with E-state index in [4.69, 9.17) is 0 Å². The van der Waals surface area contributed by atoms with E-state index in [1.165, 1.54) is 6.07 Å². The molecule has 2 aromatic rings. The summed E-state index contributed by atoms with van der Waals surface area (Å²) in [7, 11) is 0. The summed E-state index contributed by atoms with van der Waals surface area (Å²) in [4.78, 5) is 10.7. The van der Waals surface area contributed by atoms with E-state index in [1.54, 1.807) is 18.2 Å². The van der Waals surface area contributed by atoms with Crippen molar-refractivity contribution in [1.29, 1.82) is 0 Å². The minimum Gasteiger partial charge on any atom is -0.370 e. The van der Waals surface area contributed by atoms with Gasteiger partial charge in [-0.25, -0.2) is 0 Å². The Balaban J connectivity index is 1.85. The second-order valence-corrected chi connectivity index (χ2v) is 5.22. The number of aryl methyl sites for hydroxylation is 1. The van der Waals surface area contributed by atoms with Crippen LogP contribution in [0.2, 0.25) is 0 Å². The van der Waals surface area contributed by atoms with Crippen LogP contribution >= 0.6 is 0 Å². The SMILES string of the molecule is CC(Nc1ccccc1[N+](=O)[O-])c1nnc2n1CCCC2. The van der Waals surface area contributed by atoms with E-state index in [2.05, 4.69) is 20.1 Å². The van der Waals surface area contributed by atoms with Gasteiger partial charge in [-0.15, -0.1) is 10.2 Å². The lowest BCUT2D eigenvalue weighted by atomic mass is 10.1. The van der Waals surface area contributed by atoms with Gasteiger partial charge >= 0.3 is 0 Å². The Kier molecular flexibility index (Phi) is 3.55. The van der Waals surface area contributed by atoms with Crippen LogP contribution in [0.3, 0.4) is 0 Å². The molecule has 1 aromatic heterocycles. The van der Waals surface area contributed by atoms with E-state index >= 15 is 0 Å². The van der Waals surface area contributed by atoms with Gasteiger partial charge in [0.25, 0.3) is 5.69 Å². The fourth-order valence-electron chi connectivity index (χ4n) is 2.70. The van der Waals surface area contributed by atoms with Gasteiger partial charge in [-0.1, -0.05) is 12.1 Å². The van der Waals surface area contributed by atoms with Crippen LogP contribution in [-0.2, 0) is 13.0 Å². The van der Waals surface area contributed by atoms with Crippen molar-refractivity contribution in [2.24, 2.45) is 0 Å². The second kappa shape index (κ2) is 5.51. The summed E-state index contributed by atoms with van der Waals surface area (Å²) in [6.07, 6.45) is 3.21. The topological polar surface area (TPSA) is 85.9 Å². The van der Waals surface area contributed by atoms with Crippen molar-refractivity contribution in [2.45, 2.75) is 38.8 Å². The Morgan fingerprint density at radius 3 is 2.95 bits per heavy atom. The summed E-state index contributed by atoms with van der Waals surface area (Å²) in [6, 6.07) is 6.51. The first-order valence-corrected chi connectivity index (χ1v) is 7.09. The molecule has 1 aliphatic rings. The number of anilines is 1. The fourth-order valence-corrected chi connectivity index (χ4v) is 2.70. The van der Waals surface area contributed by atoms with Crippen LogP contribution < -0.4 is 5.32 Å². The van der Waals surface area contributed by atoms with E-state index in [0.717, 1.165) is 37.5 Å². The number of rotatable bonds is 4. The van der Waals surface area contributed by atoms with Gasteiger partial charge < -0.3 is 9.88 Å². The molecule has 7 heteroatoms. The Morgan fingerprint density at radius 2 is 2.14 bits per heavy atom. The van der Waals surface area contributed by atoms with Gasteiger partial charge in [-0.2, -0.15) is 0 Å². The lowest BCUT2D eigenvalue weighted by molar-refractivity contribution is -0.384. The Labute approximate surface area is 122 Å². The molecular weight excluding hydrogens is 270 g/mol. The zero-order valence-corrected chi connectivity index (χ0v) is 11.8. The second-order valence-electron chi connectivity index (χ2n) is 5.22. The summed E-state index contributed by atoms with van der Waals surface area (Å²) < 4.78 is 2.12. The van der Waals surface area contributed by atoms with Crippen molar-refractivity contribution in [3.63, 3.8) is 0 Å². The van der Waals surface area contributed by atoms with Crippen LogP contribution in [0.1, 0.15) is 37.5 Å². The van der Waals surface area contributed by atoms with Crippen molar-refractivity contribution in [3.05, 3.63) is 46.0 Å². The van der Waals surface area contributed by atoms with Gasteiger partial charge in [-0.3, -0.25) is 10.1 Å². The minimum absolute atomic E-state index is 0.0720. The minimum atomic E-state index is -0.381. The summed E-state index contributed by atoms with van der Waals surface area (Å²) >= 11 is 0. The van der Waals surface area contributed by atoms with Crippen LogP contribution in [0.15, 0.2) is 24.3 Å². The molecule has 21 heavy (non-hydrogen) atoms. The summed E-state index contributed by atoms with van der Waals surface area (Å²) in [5.41, 5.74) is 0.575. The fraction of sp³-hybridized carbons (Fsp3) is 0.429. The van der Waals surface area contributed by atoms with Gasteiger partial charge in [0.2, 0.25) is 0 Å². The number of aromatic nitrogens is 3. The van der Waals surface area contributed by atoms with Crippen LogP contribution in [0, 0.1) is 10.1 Å². The molecule has 0 radical (unpaired) electrons. The first-order valence-electron chi connectivity index (χ1n) is 7.09. The van der Waals surface area contributed by atoms with E-state index < -0.39 is 0 Å². The highest BCUT2D eigenvalue weighted by atomic mass is 16.6. The van der Waals surface area contributed by atoms with Crippen molar-refractivity contribution in [1.82, 2.24) is 14.8 Å². The molecule has 1 N–H and O–H groups in total. The lowest BCUT2D eigenvalue weighted by Crippen LogP contribution is -2.18. The zero-order chi connectivity index (χ0) is 14.8. The van der Waals surface area contributed by atoms with Crippen LogP contribution in [0.25, 0.3) is 0 Å². The number of nitrogens with zero attached hydrogens (tertiary/aromatic N) is 4. The van der Waals surface area contributed by atoms with E-state index in [1.807, 2.05) is 6.92 Å². The molecule has 0 bridgehead atoms. The third-order valence-corrected chi connectivity index (χ3v) is 3.75. The Morgan fingerprint density at radius 1 is 1.33 bits per heavy atom. The van der Waals surface area contributed by atoms with Gasteiger partial charge in [0.1, 0.15) is 11.5 Å². The molecule has 1 aliphatic heterocycles. The van der Waals surface area contributed by atoms with Gasteiger partial charge in [-0.05, 0) is 25.8 Å². The molecule has 0 spiro atoms. The number of fused-ring (bicyclic) bond motifs is 1. The zero-order valence-electron chi connectivity index (χ0n) is 11.8. The summed E-state index contributed by atoms with van der Waals surface area (Å²) in [5, 5.41) is 22.7. The molecule has 1 atom stereocenters. The predicted molar refractivity (Wildman–Crippen MR) is 78.1 cm³/mol. The maximum Gasteiger partial charge on any atom is 0.292 e. The van der Waals surface area contributed by atoms with Crippen LogP contribution in [-0.4, -0.2) is 19.7 Å². The number of nitro groups is 1. The predicted octanol–water partition coefficient (Wildman–Crippen LogP) is 2.70. The number of nitro benzene ring substituents is 1. The largest absolute Gasteiger partial charge is 0.370 e. The quantitative estimate of drug-likeness (QED) is 0.690. The third-order valence-electron chi connectivity index (χ3n) is 3.75. The van der Waals surface area contributed by atoms with Crippen molar-refractivity contribution >= 4 is 11.4 Å². The van der Waals surface area contributed by atoms with Gasteiger partial charge in [0.15, 0.2) is 5.82 Å². The highest BCUT2D eigenvalue weighted by Crippen LogP contribution is 2.28. The molecule has 1 unspecified atom stereocenters. The number of hydrogen-bond donors (Lipinski definition) is 1. The number of nitrogens with one attached hydrogen (secondary N) is 1. The van der Waals surface area contributed by atoms with Crippen molar-refractivity contribution in [2.75, 3.05) is 5.32 Å². The van der Waals surface area contributed by atoms with Crippen molar-refractivity contribution < 1.29 is 4.92 Å². The van der Waals surface area contributed by atoms with Crippen LogP contribution in [0.5, 0.6) is 0 Å². The molecule has 0 amide bonds. The van der Waals surface area contributed by atoms with Crippen LogP contribution in [0.4, 0.5) is 11.4 Å². The highest BCUT2D eigenvalue weighted by Gasteiger charge is 2.22. The smallest absolute Gasteiger partial charge is 0.292 e. The molecule has 0 aliphatic carbocycles. The standard InChI is InChI=1S/C14H17N5O2/c1-10(14-17-16-13-8-4-5-9-18(13)14)15-11-6-2-3-7-12(11)19(20)21/h2-3,6-7,10,15H,4-5,8-9H2,1H3. The third kappa shape index (κ3) is 2.58. The molecule has 3 rings (SSSR count). The molecule has 0 saturated heterocycles. The normalized spacial score (nSPS) is 15.3. The molecule has 0 saturated carbocycles. The average molecular weight is 287 g/mol. The highest BCUT2D eigenvalue weighted by molar-refractivity contribution is 5.61. The number of para-hydroxylation sites is 2. The molecule has 1 aromatic carbocycles. The molecular formula is C14H17N5O2. The Hall–Kier alpha value is -2.44. The monoisotopic (exact) mass is 287 g/mol. The molecule has 0 fully saturated rings. The van der Waals surface area contributed by atoms with Gasteiger partial charge in [0.05, 0.1) is 11.0 Å². The maximum absolute atomic E-state index is 11.1. The number of benzene rings is 1. The summed E-state index contributed by atoms with van der Waals surface area (Å²) in [5.74, 6) is 1.84. The molecule has 110 valence electrons. The van der Waals surface area contributed by atoms with E-state index in [0.29, 0.717) is 5.69 Å². The average Bonchev–Trinajstić information content (AvgIpc) is 2.91. The molecule has 2 heterocycles. The maximum atomic E-state index is 11.1. The number of hydrogen-bond acceptors (Lipinski definition) is 5. The summed E-state index contributed by atoms with van der Waals surface area (Å²) in [6.45, 7) is 2.86. The van der Waals surface area contributed by atoms with Crippen molar-refractivity contribution in [3.8, 4) is 0 Å². The first-order chi connectivity index (χ1) is 10.2. The van der Waals surface area contributed by atoms with E-state index in [-0.39, 0.29) is 16.7 Å². The first kappa shape index (κ1) is 13.5. The van der Waals surface area contributed by atoms with E-state index in [9.17, 15) is 10.1 Å². The lowest BCUT2D eigenvalue weighted by Gasteiger charge is -2.19. The van der Waals surface area contributed by atoms with Gasteiger partial charge in [0, 0.05) is 19.0 Å².